The highest BCUT2D eigenvalue weighted by atomic mass is 16.5. The molecular weight excluding hydrogens is 356 g/mol. The molecule has 0 aliphatic heterocycles. The molecule has 0 amide bonds. The third-order valence-electron chi connectivity index (χ3n) is 4.64. The molecule has 0 saturated carbocycles. The summed E-state index contributed by atoms with van der Waals surface area (Å²) in [5.41, 5.74) is 1.40. The Bertz CT molecular complexity index is 1220. The second kappa shape index (κ2) is 7.56. The number of methoxy groups -OCH3 is 1. The van der Waals surface area contributed by atoms with Crippen molar-refractivity contribution in [3.63, 3.8) is 0 Å². The number of benzene rings is 3. The number of carbonyl (C=O) groups excluding carboxylic acids is 1. The van der Waals surface area contributed by atoms with Crippen molar-refractivity contribution in [3.05, 3.63) is 88.3 Å². The highest BCUT2D eigenvalue weighted by Gasteiger charge is 2.12. The number of carbonyl (C=O) groups is 1. The highest BCUT2D eigenvalue weighted by Crippen LogP contribution is 2.23. The van der Waals surface area contributed by atoms with Crippen molar-refractivity contribution in [1.82, 2.24) is 0 Å². The van der Waals surface area contributed by atoms with Gasteiger partial charge in [0.05, 0.1) is 13.5 Å². The molecule has 0 bridgehead atoms. The van der Waals surface area contributed by atoms with Crippen molar-refractivity contribution in [2.75, 3.05) is 7.11 Å². The summed E-state index contributed by atoms with van der Waals surface area (Å²) in [6.45, 7) is -0.00196. The molecule has 0 spiro atoms. The Kier molecular flexibility index (Phi) is 4.81. The van der Waals surface area contributed by atoms with Crippen LogP contribution >= 0.6 is 0 Å². The van der Waals surface area contributed by atoms with Crippen LogP contribution in [0.25, 0.3) is 21.7 Å². The summed E-state index contributed by atoms with van der Waals surface area (Å²) in [5, 5.41) is 2.81. The van der Waals surface area contributed by atoms with Crippen LogP contribution in [-0.4, -0.2) is 13.1 Å². The van der Waals surface area contributed by atoms with E-state index in [-0.39, 0.29) is 19.0 Å². The molecule has 28 heavy (non-hydrogen) atoms. The molecule has 1 aromatic heterocycles. The fraction of sp³-hybridized carbons (Fsp3) is 0.130. The van der Waals surface area contributed by atoms with Crippen LogP contribution in [0.4, 0.5) is 0 Å². The summed E-state index contributed by atoms with van der Waals surface area (Å²) < 4.78 is 15.8. The first kappa shape index (κ1) is 17.8. The third-order valence-corrected chi connectivity index (χ3v) is 4.64. The van der Waals surface area contributed by atoms with Crippen LogP contribution in [-0.2, 0) is 22.6 Å². The minimum absolute atomic E-state index is 0.00196. The van der Waals surface area contributed by atoms with Crippen LogP contribution < -0.4 is 10.4 Å². The van der Waals surface area contributed by atoms with Gasteiger partial charge in [-0.3, -0.25) is 4.79 Å². The summed E-state index contributed by atoms with van der Waals surface area (Å²) in [4.78, 5) is 24.2. The van der Waals surface area contributed by atoms with Crippen LogP contribution in [0.2, 0.25) is 0 Å². The SMILES string of the molecule is COc1ccc2c(COC(=O)Cc3cccc4ccccc34)cc(=O)oc2c1. The molecule has 0 N–H and O–H groups in total. The Hall–Kier alpha value is -3.60. The average molecular weight is 374 g/mol. The van der Waals surface area contributed by atoms with Gasteiger partial charge in [-0.25, -0.2) is 4.79 Å². The molecule has 0 aliphatic rings. The third kappa shape index (κ3) is 3.60. The zero-order valence-electron chi connectivity index (χ0n) is 15.3. The first-order valence-electron chi connectivity index (χ1n) is 8.87. The molecule has 0 saturated heterocycles. The fourth-order valence-electron chi connectivity index (χ4n) is 3.27. The van der Waals surface area contributed by atoms with Gasteiger partial charge in [0.25, 0.3) is 0 Å². The molecule has 0 fully saturated rings. The number of ether oxygens (including phenoxy) is 2. The summed E-state index contributed by atoms with van der Waals surface area (Å²) in [6, 6.07) is 20.3. The first-order chi connectivity index (χ1) is 13.6. The Balaban J connectivity index is 1.54. The van der Waals surface area contributed by atoms with E-state index in [2.05, 4.69) is 0 Å². The molecular formula is C23H18O5. The van der Waals surface area contributed by atoms with Crippen molar-refractivity contribution in [2.24, 2.45) is 0 Å². The minimum atomic E-state index is -0.499. The lowest BCUT2D eigenvalue weighted by Gasteiger charge is -2.09. The number of rotatable bonds is 5. The molecule has 5 nitrogen and oxygen atoms in total. The van der Waals surface area contributed by atoms with Gasteiger partial charge in [0, 0.05) is 23.1 Å². The number of fused-ring (bicyclic) bond motifs is 2. The van der Waals surface area contributed by atoms with Gasteiger partial charge in [0.2, 0.25) is 0 Å². The second-order valence-electron chi connectivity index (χ2n) is 6.43. The highest BCUT2D eigenvalue weighted by molar-refractivity contribution is 5.89. The molecule has 4 rings (SSSR count). The van der Waals surface area contributed by atoms with Crippen molar-refractivity contribution >= 4 is 27.7 Å². The fourth-order valence-corrected chi connectivity index (χ4v) is 3.27. The Morgan fingerprint density at radius 3 is 2.61 bits per heavy atom. The van der Waals surface area contributed by atoms with E-state index < -0.39 is 5.63 Å². The van der Waals surface area contributed by atoms with Gasteiger partial charge in [-0.15, -0.1) is 0 Å². The van der Waals surface area contributed by atoms with Crippen LogP contribution in [0.3, 0.4) is 0 Å². The van der Waals surface area contributed by atoms with Crippen molar-refractivity contribution in [2.45, 2.75) is 13.0 Å². The Morgan fingerprint density at radius 2 is 1.75 bits per heavy atom. The second-order valence-corrected chi connectivity index (χ2v) is 6.43. The predicted octanol–water partition coefficient (Wildman–Crippen LogP) is 4.24. The van der Waals surface area contributed by atoms with E-state index in [1.165, 1.54) is 13.2 Å². The maximum atomic E-state index is 12.4. The lowest BCUT2D eigenvalue weighted by Crippen LogP contribution is -2.10. The number of hydrogen-bond donors (Lipinski definition) is 0. The molecule has 0 aliphatic carbocycles. The predicted molar refractivity (Wildman–Crippen MR) is 106 cm³/mol. The van der Waals surface area contributed by atoms with Gasteiger partial charge >= 0.3 is 11.6 Å². The van der Waals surface area contributed by atoms with Crippen LogP contribution in [0, 0.1) is 0 Å². The van der Waals surface area contributed by atoms with Crippen molar-refractivity contribution < 1.29 is 18.7 Å². The van der Waals surface area contributed by atoms with Crippen LogP contribution in [0.15, 0.2) is 75.9 Å². The van der Waals surface area contributed by atoms with E-state index in [1.54, 1.807) is 18.2 Å². The summed E-state index contributed by atoms with van der Waals surface area (Å²) in [7, 11) is 1.54. The van der Waals surface area contributed by atoms with Gasteiger partial charge in [-0.05, 0) is 28.5 Å². The monoisotopic (exact) mass is 374 g/mol. The number of hydrogen-bond acceptors (Lipinski definition) is 5. The molecule has 140 valence electrons. The molecule has 1 heterocycles. The lowest BCUT2D eigenvalue weighted by molar-refractivity contribution is -0.144. The maximum absolute atomic E-state index is 12.4. The minimum Gasteiger partial charge on any atom is -0.497 e. The van der Waals surface area contributed by atoms with Gasteiger partial charge < -0.3 is 13.9 Å². The molecule has 0 unspecified atom stereocenters. The normalized spacial score (nSPS) is 10.9. The summed E-state index contributed by atoms with van der Waals surface area (Å²) >= 11 is 0. The van der Waals surface area contributed by atoms with E-state index in [0.29, 0.717) is 22.3 Å². The molecule has 4 aromatic rings. The van der Waals surface area contributed by atoms with Crippen LogP contribution in [0.1, 0.15) is 11.1 Å². The largest absolute Gasteiger partial charge is 0.497 e. The Morgan fingerprint density at radius 1 is 0.929 bits per heavy atom. The summed E-state index contributed by atoms with van der Waals surface area (Å²) in [5.74, 6) is 0.229. The molecule has 0 radical (unpaired) electrons. The van der Waals surface area contributed by atoms with Gasteiger partial charge in [-0.1, -0.05) is 42.5 Å². The van der Waals surface area contributed by atoms with E-state index in [4.69, 9.17) is 13.9 Å². The van der Waals surface area contributed by atoms with Crippen molar-refractivity contribution in [1.29, 1.82) is 0 Å². The Labute approximate surface area is 161 Å². The van der Waals surface area contributed by atoms with Gasteiger partial charge in [0.15, 0.2) is 0 Å². The first-order valence-corrected chi connectivity index (χ1v) is 8.87. The van der Waals surface area contributed by atoms with E-state index >= 15 is 0 Å². The lowest BCUT2D eigenvalue weighted by atomic mass is 10.0. The van der Waals surface area contributed by atoms with E-state index in [0.717, 1.165) is 16.3 Å². The van der Waals surface area contributed by atoms with E-state index in [1.807, 2.05) is 42.5 Å². The topological polar surface area (TPSA) is 65.7 Å². The maximum Gasteiger partial charge on any atom is 0.336 e. The standard InChI is InChI=1S/C23H18O5/c1-26-18-9-10-20-17(12-23(25)28-21(20)13-18)14-27-22(24)11-16-7-4-6-15-5-2-3-8-19(15)16/h2-10,12-13H,11,14H2,1H3. The van der Waals surface area contributed by atoms with Crippen molar-refractivity contribution in [3.8, 4) is 5.75 Å². The molecule has 0 atom stereocenters. The van der Waals surface area contributed by atoms with Crippen LogP contribution in [0.5, 0.6) is 5.75 Å². The quantitative estimate of drug-likeness (QED) is 0.386. The van der Waals surface area contributed by atoms with Gasteiger partial charge in [-0.2, -0.15) is 0 Å². The molecule has 5 heteroatoms. The molecule has 3 aromatic carbocycles. The average Bonchev–Trinajstić information content (AvgIpc) is 2.71. The summed E-state index contributed by atoms with van der Waals surface area (Å²) in [6.07, 6.45) is 0.161. The number of esters is 1. The zero-order chi connectivity index (χ0) is 19.5. The van der Waals surface area contributed by atoms with E-state index in [9.17, 15) is 9.59 Å². The van der Waals surface area contributed by atoms with Gasteiger partial charge in [0.1, 0.15) is 17.9 Å². The smallest absolute Gasteiger partial charge is 0.336 e. The zero-order valence-corrected chi connectivity index (χ0v) is 15.3.